The van der Waals surface area contributed by atoms with Gasteiger partial charge in [-0.15, -0.1) is 23.1 Å². The molecule has 3 N–H and O–H groups in total. The van der Waals surface area contributed by atoms with Crippen molar-refractivity contribution < 1.29 is 14.3 Å². The number of benzene rings is 2. The predicted molar refractivity (Wildman–Crippen MR) is 163 cm³/mol. The number of carbonyl (C=O) groups excluding carboxylic acids is 2. The number of aryl methyl sites for hydroxylation is 1. The zero-order valence-electron chi connectivity index (χ0n) is 21.7. The molecule has 3 aromatic rings. The number of hydrogen-bond acceptors (Lipinski definition) is 6. The van der Waals surface area contributed by atoms with Gasteiger partial charge in [-0.3, -0.25) is 4.79 Å². The average molecular weight is 568 g/mol. The summed E-state index contributed by atoms with van der Waals surface area (Å²) in [6.45, 7) is 1.99. The number of esters is 1. The number of thiocarbonyl (C=S) groups is 1. The van der Waals surface area contributed by atoms with Crippen LogP contribution in [0.2, 0.25) is 0 Å². The Morgan fingerprint density at radius 2 is 1.68 bits per heavy atom. The van der Waals surface area contributed by atoms with E-state index in [4.69, 9.17) is 17.0 Å². The fourth-order valence-electron chi connectivity index (χ4n) is 4.47. The number of rotatable bonds is 8. The highest BCUT2D eigenvalue weighted by Crippen LogP contribution is 2.38. The Morgan fingerprint density at radius 1 is 0.974 bits per heavy atom. The normalized spacial score (nSPS) is 13.8. The number of ether oxygens (including phenoxy) is 1. The summed E-state index contributed by atoms with van der Waals surface area (Å²) in [5.74, 6) is -0.491. The third kappa shape index (κ3) is 7.36. The first-order valence-corrected chi connectivity index (χ1v) is 15.0. The SMILES string of the molecule is CCC(Sc1cccc(NC(=S)Nc2ccccc2)c1)C(=O)Nc1sc2c(c1C(=O)OC)CCCCCC2. The van der Waals surface area contributed by atoms with E-state index in [2.05, 4.69) is 16.0 Å². The fraction of sp³-hybridized carbons (Fsp3) is 0.345. The molecule has 1 unspecified atom stereocenters. The van der Waals surface area contributed by atoms with Crippen molar-refractivity contribution in [3.63, 3.8) is 0 Å². The van der Waals surface area contributed by atoms with Crippen LogP contribution in [0.3, 0.4) is 0 Å². The van der Waals surface area contributed by atoms with Crippen LogP contribution in [0.4, 0.5) is 16.4 Å². The average Bonchev–Trinajstić information content (AvgIpc) is 3.22. The lowest BCUT2D eigenvalue weighted by atomic mass is 9.96. The van der Waals surface area contributed by atoms with Crippen LogP contribution < -0.4 is 16.0 Å². The van der Waals surface area contributed by atoms with E-state index in [9.17, 15) is 9.59 Å². The Labute approximate surface area is 237 Å². The van der Waals surface area contributed by atoms with Gasteiger partial charge in [0.1, 0.15) is 5.00 Å². The molecule has 0 saturated carbocycles. The van der Waals surface area contributed by atoms with Crippen LogP contribution in [0, 0.1) is 0 Å². The largest absolute Gasteiger partial charge is 0.465 e. The molecule has 0 bridgehead atoms. The fourth-order valence-corrected chi connectivity index (χ4v) is 7.00. The van der Waals surface area contributed by atoms with Crippen LogP contribution in [0.15, 0.2) is 59.5 Å². The van der Waals surface area contributed by atoms with E-state index in [1.807, 2.05) is 61.5 Å². The lowest BCUT2D eigenvalue weighted by molar-refractivity contribution is -0.115. The third-order valence-corrected chi connectivity index (χ3v) is 9.13. The molecular weight excluding hydrogens is 535 g/mol. The van der Waals surface area contributed by atoms with E-state index >= 15 is 0 Å². The molecule has 1 atom stereocenters. The lowest BCUT2D eigenvalue weighted by Gasteiger charge is -2.16. The minimum atomic E-state index is -0.377. The zero-order chi connectivity index (χ0) is 26.9. The number of thioether (sulfide) groups is 1. The van der Waals surface area contributed by atoms with Crippen molar-refractivity contribution >= 4 is 68.7 Å². The number of anilines is 3. The van der Waals surface area contributed by atoms with Gasteiger partial charge in [-0.25, -0.2) is 4.79 Å². The maximum atomic E-state index is 13.4. The number of fused-ring (bicyclic) bond motifs is 1. The van der Waals surface area contributed by atoms with E-state index < -0.39 is 0 Å². The summed E-state index contributed by atoms with van der Waals surface area (Å²) in [5.41, 5.74) is 3.33. The summed E-state index contributed by atoms with van der Waals surface area (Å²) in [6, 6.07) is 17.6. The van der Waals surface area contributed by atoms with Gasteiger partial charge in [0.25, 0.3) is 0 Å². The second-order valence-corrected chi connectivity index (χ2v) is 11.9. The van der Waals surface area contributed by atoms with Crippen molar-refractivity contribution in [3.8, 4) is 0 Å². The molecule has 200 valence electrons. The van der Waals surface area contributed by atoms with E-state index in [-0.39, 0.29) is 17.1 Å². The van der Waals surface area contributed by atoms with E-state index in [0.717, 1.165) is 53.9 Å². The van der Waals surface area contributed by atoms with Crippen LogP contribution in [-0.4, -0.2) is 29.3 Å². The molecule has 0 radical (unpaired) electrons. The van der Waals surface area contributed by atoms with Crippen molar-refractivity contribution in [2.24, 2.45) is 0 Å². The number of nitrogens with one attached hydrogen (secondary N) is 3. The highest BCUT2D eigenvalue weighted by Gasteiger charge is 2.28. The Morgan fingerprint density at radius 3 is 2.42 bits per heavy atom. The van der Waals surface area contributed by atoms with Crippen molar-refractivity contribution in [1.82, 2.24) is 0 Å². The highest BCUT2D eigenvalue weighted by atomic mass is 32.2. The van der Waals surface area contributed by atoms with Gasteiger partial charge >= 0.3 is 5.97 Å². The summed E-state index contributed by atoms with van der Waals surface area (Å²) in [5, 5.41) is 10.2. The van der Waals surface area contributed by atoms with Crippen LogP contribution in [-0.2, 0) is 22.4 Å². The van der Waals surface area contributed by atoms with Gasteiger partial charge in [-0.2, -0.15) is 0 Å². The van der Waals surface area contributed by atoms with Gasteiger partial charge in [-0.05, 0) is 80.2 Å². The zero-order valence-corrected chi connectivity index (χ0v) is 24.1. The van der Waals surface area contributed by atoms with Crippen molar-refractivity contribution in [2.75, 3.05) is 23.1 Å². The third-order valence-electron chi connectivity index (χ3n) is 6.36. The predicted octanol–water partition coefficient (Wildman–Crippen LogP) is 7.51. The molecule has 6 nitrogen and oxygen atoms in total. The van der Waals surface area contributed by atoms with Gasteiger partial charge in [0.2, 0.25) is 5.91 Å². The maximum absolute atomic E-state index is 13.4. The van der Waals surface area contributed by atoms with E-state index in [1.165, 1.54) is 41.5 Å². The lowest BCUT2D eigenvalue weighted by Crippen LogP contribution is -2.25. The van der Waals surface area contributed by atoms with Crippen LogP contribution >= 0.6 is 35.3 Å². The van der Waals surface area contributed by atoms with Crippen LogP contribution in [0.5, 0.6) is 0 Å². The first kappa shape index (κ1) is 28.1. The summed E-state index contributed by atoms with van der Waals surface area (Å²) < 4.78 is 5.11. The van der Waals surface area contributed by atoms with Gasteiger partial charge < -0.3 is 20.7 Å². The Bertz CT molecular complexity index is 1280. The van der Waals surface area contributed by atoms with E-state index in [0.29, 0.717) is 22.1 Å². The topological polar surface area (TPSA) is 79.5 Å². The summed E-state index contributed by atoms with van der Waals surface area (Å²) >= 11 is 8.48. The molecule has 4 rings (SSSR count). The second kappa shape index (κ2) is 13.8. The second-order valence-electron chi connectivity index (χ2n) is 9.09. The molecule has 38 heavy (non-hydrogen) atoms. The molecule has 0 fully saturated rings. The molecule has 1 aliphatic rings. The number of para-hydroxylation sites is 1. The number of amides is 1. The van der Waals surface area contributed by atoms with Crippen LogP contribution in [0.1, 0.15) is 59.8 Å². The summed E-state index contributed by atoms with van der Waals surface area (Å²) in [4.78, 5) is 28.3. The molecule has 0 aliphatic heterocycles. The Kier molecular flexibility index (Phi) is 10.2. The van der Waals surface area contributed by atoms with Gasteiger partial charge in [0, 0.05) is 21.1 Å². The van der Waals surface area contributed by atoms with Crippen molar-refractivity contribution in [1.29, 1.82) is 0 Å². The number of hydrogen-bond donors (Lipinski definition) is 3. The Hall–Kier alpha value is -2.88. The molecule has 2 aromatic carbocycles. The smallest absolute Gasteiger partial charge is 0.341 e. The number of thiophene rings is 1. The quantitative estimate of drug-likeness (QED) is 0.148. The maximum Gasteiger partial charge on any atom is 0.341 e. The molecule has 1 heterocycles. The van der Waals surface area contributed by atoms with Gasteiger partial charge in [-0.1, -0.05) is 44.0 Å². The molecule has 1 aromatic heterocycles. The molecule has 1 amide bonds. The molecular formula is C29H33N3O3S3. The minimum absolute atomic E-state index is 0.114. The van der Waals surface area contributed by atoms with Crippen molar-refractivity contribution in [3.05, 3.63) is 70.6 Å². The molecule has 0 spiro atoms. The standard InChI is InChI=1S/C29H33N3O3S3/c1-3-23(37-21-15-11-14-20(18-21)31-29(36)30-19-12-7-6-8-13-19)26(33)32-27-25(28(34)35-2)22-16-9-4-5-10-17-24(22)38-27/h6-8,11-15,18,23H,3-5,9-10,16-17H2,1-2H3,(H,32,33)(H2,30,31,36). The van der Waals surface area contributed by atoms with E-state index in [1.54, 1.807) is 0 Å². The Balaban J connectivity index is 1.45. The van der Waals surface area contributed by atoms with Crippen LogP contribution in [0.25, 0.3) is 0 Å². The number of methoxy groups -OCH3 is 1. The summed E-state index contributed by atoms with van der Waals surface area (Å²) in [7, 11) is 1.40. The minimum Gasteiger partial charge on any atom is -0.465 e. The number of carbonyl (C=O) groups is 2. The highest BCUT2D eigenvalue weighted by molar-refractivity contribution is 8.00. The molecule has 1 aliphatic carbocycles. The van der Waals surface area contributed by atoms with Crippen molar-refractivity contribution in [2.45, 2.75) is 62.0 Å². The molecule has 0 saturated heterocycles. The monoisotopic (exact) mass is 567 g/mol. The molecule has 9 heteroatoms. The first-order valence-electron chi connectivity index (χ1n) is 12.9. The first-order chi connectivity index (χ1) is 18.5. The van der Waals surface area contributed by atoms with Gasteiger partial charge in [0.15, 0.2) is 5.11 Å². The summed E-state index contributed by atoms with van der Waals surface area (Å²) in [6.07, 6.45) is 6.92. The van der Waals surface area contributed by atoms with Gasteiger partial charge in [0.05, 0.1) is 17.9 Å².